The molecule has 1 amide bonds. The molecule has 0 radical (unpaired) electrons. The summed E-state index contributed by atoms with van der Waals surface area (Å²) in [5.41, 5.74) is -2.93. The Morgan fingerprint density at radius 2 is 1.89 bits per heavy atom. The Kier molecular flexibility index (Phi) is 9.56. The average Bonchev–Trinajstić information content (AvgIpc) is 2.86. The highest BCUT2D eigenvalue weighted by molar-refractivity contribution is 5.78. The van der Waals surface area contributed by atoms with Crippen LogP contribution in [0.5, 0.6) is 5.88 Å². The summed E-state index contributed by atoms with van der Waals surface area (Å²) in [4.78, 5) is 34.7. The van der Waals surface area contributed by atoms with Crippen molar-refractivity contribution >= 4 is 5.91 Å². The number of pyridine rings is 1. The molecule has 0 aliphatic carbocycles. The molecule has 0 aliphatic rings. The molecular weight excluding hydrogens is 508 g/mol. The topological polar surface area (TPSA) is 106 Å². The van der Waals surface area contributed by atoms with E-state index in [9.17, 15) is 22.8 Å². The molecule has 0 atom stereocenters. The maximum atomic E-state index is 15.5. The lowest BCUT2D eigenvalue weighted by Gasteiger charge is -2.17. The van der Waals surface area contributed by atoms with Gasteiger partial charge in [0, 0.05) is 48.5 Å². The molecule has 38 heavy (non-hydrogen) atoms. The number of carbonyl (C=O) groups excluding carboxylic acids is 1. The molecule has 0 saturated carbocycles. The number of alkyl halides is 3. The van der Waals surface area contributed by atoms with Gasteiger partial charge in [0.2, 0.25) is 11.8 Å². The molecule has 0 bridgehead atoms. The van der Waals surface area contributed by atoms with Crippen LogP contribution in [-0.4, -0.2) is 40.7 Å². The Labute approximate surface area is 216 Å². The first kappa shape index (κ1) is 28.8. The third-order valence-electron chi connectivity index (χ3n) is 5.34. The zero-order chi connectivity index (χ0) is 27.9. The molecule has 0 spiro atoms. The first-order chi connectivity index (χ1) is 18.0. The van der Waals surface area contributed by atoms with Crippen molar-refractivity contribution in [3.05, 3.63) is 63.8 Å². The maximum absolute atomic E-state index is 15.5. The van der Waals surface area contributed by atoms with Gasteiger partial charge in [-0.05, 0) is 18.6 Å². The summed E-state index contributed by atoms with van der Waals surface area (Å²) in [5, 5.41) is 2.47. The summed E-state index contributed by atoms with van der Waals surface area (Å²) in [7, 11) is 0. The van der Waals surface area contributed by atoms with Crippen molar-refractivity contribution < 1.29 is 31.8 Å². The van der Waals surface area contributed by atoms with Gasteiger partial charge in [0.05, 0.1) is 23.4 Å². The summed E-state index contributed by atoms with van der Waals surface area (Å²) >= 11 is 0. The number of benzene rings is 1. The third-order valence-corrected chi connectivity index (χ3v) is 5.34. The predicted molar refractivity (Wildman–Crippen MR) is 132 cm³/mol. The molecule has 0 aliphatic heterocycles. The van der Waals surface area contributed by atoms with Gasteiger partial charge in [-0.25, -0.2) is 14.4 Å². The van der Waals surface area contributed by atoms with Gasteiger partial charge in [0.15, 0.2) is 0 Å². The lowest BCUT2D eigenvalue weighted by Crippen LogP contribution is -2.27. The number of aromatic nitrogens is 3. The third kappa shape index (κ3) is 7.37. The number of carbonyl (C=O) groups is 1. The lowest BCUT2D eigenvalue weighted by molar-refractivity contribution is -0.137. The molecule has 204 valence electrons. The Hall–Kier alpha value is -3.80. The largest absolute Gasteiger partial charge is 0.475 e. The standard InChI is InChI=1S/C26H28F4N4O4/c1-4-9-37-10-11-38-21-8-6-16(13-31-21)19-12-20(35)34-24(33-19)22-18(26(28,29)30)7-5-17(23(22)27)14-32-25(36)15(2)3/h5-8,12-13,15H,4,9-11,14H2,1-3H3,(H,32,36)(H,33,34,35). The quantitative estimate of drug-likeness (QED) is 0.271. The van der Waals surface area contributed by atoms with E-state index in [1.165, 1.54) is 18.3 Å². The minimum Gasteiger partial charge on any atom is -0.475 e. The first-order valence-corrected chi connectivity index (χ1v) is 12.0. The van der Waals surface area contributed by atoms with Gasteiger partial charge < -0.3 is 19.8 Å². The van der Waals surface area contributed by atoms with E-state index >= 15 is 4.39 Å². The number of nitrogens with one attached hydrogen (secondary N) is 2. The van der Waals surface area contributed by atoms with Crippen LogP contribution in [0, 0.1) is 11.7 Å². The summed E-state index contributed by atoms with van der Waals surface area (Å²) in [5.74, 6) is -2.38. The van der Waals surface area contributed by atoms with Crippen molar-refractivity contribution in [1.29, 1.82) is 0 Å². The van der Waals surface area contributed by atoms with Gasteiger partial charge in [-0.15, -0.1) is 0 Å². The van der Waals surface area contributed by atoms with Crippen LogP contribution in [0.4, 0.5) is 17.6 Å². The minimum absolute atomic E-state index is 0.0138. The summed E-state index contributed by atoms with van der Waals surface area (Å²) in [6.45, 7) is 6.15. The van der Waals surface area contributed by atoms with Crippen LogP contribution in [0.15, 0.2) is 41.3 Å². The van der Waals surface area contributed by atoms with Gasteiger partial charge in [0.25, 0.3) is 5.56 Å². The number of hydrogen-bond donors (Lipinski definition) is 2. The van der Waals surface area contributed by atoms with Crippen LogP contribution in [0.25, 0.3) is 22.6 Å². The molecule has 2 N–H and O–H groups in total. The fourth-order valence-electron chi connectivity index (χ4n) is 3.40. The van der Waals surface area contributed by atoms with Crippen LogP contribution < -0.4 is 15.6 Å². The number of amides is 1. The molecule has 1 aromatic carbocycles. The predicted octanol–water partition coefficient (Wildman–Crippen LogP) is 4.73. The van der Waals surface area contributed by atoms with E-state index in [2.05, 4.69) is 20.3 Å². The maximum Gasteiger partial charge on any atom is 0.417 e. The highest BCUT2D eigenvalue weighted by Gasteiger charge is 2.36. The van der Waals surface area contributed by atoms with Crippen molar-refractivity contribution in [3.63, 3.8) is 0 Å². The summed E-state index contributed by atoms with van der Waals surface area (Å²) < 4.78 is 67.7. The number of ether oxygens (including phenoxy) is 2. The Morgan fingerprint density at radius 1 is 1.13 bits per heavy atom. The Morgan fingerprint density at radius 3 is 2.53 bits per heavy atom. The lowest BCUT2D eigenvalue weighted by atomic mass is 10.0. The molecule has 0 unspecified atom stereocenters. The van der Waals surface area contributed by atoms with E-state index in [0.29, 0.717) is 24.8 Å². The van der Waals surface area contributed by atoms with Crippen LogP contribution in [-0.2, 0) is 22.3 Å². The molecular formula is C26H28F4N4O4. The van der Waals surface area contributed by atoms with Crippen molar-refractivity contribution in [2.75, 3.05) is 19.8 Å². The molecule has 3 aromatic rings. The SMILES string of the molecule is CCCOCCOc1ccc(-c2cc(=O)[nH]c(-c3c(C(F)(F)F)ccc(CNC(=O)C(C)C)c3F)n2)cn1. The van der Waals surface area contributed by atoms with E-state index in [1.807, 2.05) is 6.92 Å². The highest BCUT2D eigenvalue weighted by atomic mass is 19.4. The zero-order valence-electron chi connectivity index (χ0n) is 21.1. The summed E-state index contributed by atoms with van der Waals surface area (Å²) in [6, 6.07) is 5.74. The molecule has 0 fully saturated rings. The van der Waals surface area contributed by atoms with Gasteiger partial charge in [-0.2, -0.15) is 13.2 Å². The Balaban J connectivity index is 1.96. The van der Waals surface area contributed by atoms with Crippen LogP contribution in [0.2, 0.25) is 0 Å². The molecule has 2 aromatic heterocycles. The van der Waals surface area contributed by atoms with Crippen molar-refractivity contribution in [3.8, 4) is 28.5 Å². The number of nitrogens with zero attached hydrogens (tertiary/aromatic N) is 2. The van der Waals surface area contributed by atoms with Gasteiger partial charge >= 0.3 is 6.18 Å². The monoisotopic (exact) mass is 536 g/mol. The van der Waals surface area contributed by atoms with Crippen molar-refractivity contribution in [1.82, 2.24) is 20.3 Å². The van der Waals surface area contributed by atoms with E-state index in [4.69, 9.17) is 9.47 Å². The van der Waals surface area contributed by atoms with Crippen LogP contribution >= 0.6 is 0 Å². The number of halogens is 4. The molecule has 2 heterocycles. The second-order valence-corrected chi connectivity index (χ2v) is 8.66. The first-order valence-electron chi connectivity index (χ1n) is 12.0. The van der Waals surface area contributed by atoms with Gasteiger partial charge in [-0.1, -0.05) is 26.8 Å². The van der Waals surface area contributed by atoms with Crippen LogP contribution in [0.3, 0.4) is 0 Å². The van der Waals surface area contributed by atoms with E-state index in [0.717, 1.165) is 18.6 Å². The van der Waals surface area contributed by atoms with E-state index in [1.54, 1.807) is 13.8 Å². The van der Waals surface area contributed by atoms with Crippen molar-refractivity contribution in [2.45, 2.75) is 39.9 Å². The fourth-order valence-corrected chi connectivity index (χ4v) is 3.40. The number of hydrogen-bond acceptors (Lipinski definition) is 6. The number of H-pyrrole nitrogens is 1. The summed E-state index contributed by atoms with van der Waals surface area (Å²) in [6.07, 6.45) is -2.72. The fraction of sp³-hybridized carbons (Fsp3) is 0.385. The molecule has 8 nitrogen and oxygen atoms in total. The molecule has 0 saturated heterocycles. The van der Waals surface area contributed by atoms with E-state index < -0.39 is 46.3 Å². The van der Waals surface area contributed by atoms with Gasteiger partial charge in [0.1, 0.15) is 18.2 Å². The smallest absolute Gasteiger partial charge is 0.417 e. The van der Waals surface area contributed by atoms with E-state index in [-0.39, 0.29) is 30.3 Å². The Bertz CT molecular complexity index is 1310. The van der Waals surface area contributed by atoms with Gasteiger partial charge in [-0.3, -0.25) is 9.59 Å². The minimum atomic E-state index is -4.94. The second-order valence-electron chi connectivity index (χ2n) is 8.66. The second kappa shape index (κ2) is 12.6. The normalized spacial score (nSPS) is 11.6. The van der Waals surface area contributed by atoms with Crippen LogP contribution in [0.1, 0.15) is 38.3 Å². The number of aromatic amines is 1. The van der Waals surface area contributed by atoms with Crippen molar-refractivity contribution in [2.24, 2.45) is 5.92 Å². The molecule has 12 heteroatoms. The average molecular weight is 537 g/mol. The highest BCUT2D eigenvalue weighted by Crippen LogP contribution is 2.38. The zero-order valence-corrected chi connectivity index (χ0v) is 21.1. The molecule has 3 rings (SSSR count). The number of rotatable bonds is 11.